The minimum absolute atomic E-state index is 0.402. The molecule has 0 bridgehead atoms. The van der Waals surface area contributed by atoms with E-state index in [1.165, 1.54) is 5.56 Å². The Morgan fingerprint density at radius 1 is 1.23 bits per heavy atom. The van der Waals surface area contributed by atoms with Gasteiger partial charge >= 0.3 is 0 Å². The fourth-order valence-corrected chi connectivity index (χ4v) is 2.41. The van der Waals surface area contributed by atoms with Gasteiger partial charge in [-0.3, -0.25) is 4.98 Å². The van der Waals surface area contributed by atoms with Gasteiger partial charge in [0.2, 0.25) is 0 Å². The van der Waals surface area contributed by atoms with Gasteiger partial charge in [-0.15, -0.1) is 0 Å². The highest BCUT2D eigenvalue weighted by Gasteiger charge is 2.08. The number of aryl methyl sites for hydroxylation is 2. The third-order valence-corrected chi connectivity index (χ3v) is 3.31. The standard InChI is InChI=1S/C18H22N4/c1-12(2)21-16-7-5-6-15(9-16)11-20-18-8-13(3)22-14(4)17(18)10-19/h5-9,12,21H,11H2,1-4H3,(H,20,22). The van der Waals surface area contributed by atoms with Crippen molar-refractivity contribution >= 4 is 11.4 Å². The van der Waals surface area contributed by atoms with Crippen molar-refractivity contribution in [2.75, 3.05) is 10.6 Å². The number of benzene rings is 1. The van der Waals surface area contributed by atoms with Crippen molar-refractivity contribution in [3.05, 3.63) is 52.8 Å². The first-order valence-corrected chi connectivity index (χ1v) is 7.47. The van der Waals surface area contributed by atoms with Crippen molar-refractivity contribution in [2.24, 2.45) is 0 Å². The summed E-state index contributed by atoms with van der Waals surface area (Å²) >= 11 is 0. The first kappa shape index (κ1) is 15.8. The molecule has 1 aromatic carbocycles. The summed E-state index contributed by atoms with van der Waals surface area (Å²) in [6, 6.07) is 12.8. The minimum atomic E-state index is 0.402. The lowest BCUT2D eigenvalue weighted by molar-refractivity contribution is 0.899. The largest absolute Gasteiger partial charge is 0.383 e. The monoisotopic (exact) mass is 294 g/mol. The van der Waals surface area contributed by atoms with E-state index >= 15 is 0 Å². The molecule has 0 aliphatic rings. The Morgan fingerprint density at radius 2 is 2.00 bits per heavy atom. The minimum Gasteiger partial charge on any atom is -0.383 e. The molecule has 0 amide bonds. The van der Waals surface area contributed by atoms with Gasteiger partial charge in [-0.05, 0) is 51.5 Å². The van der Waals surface area contributed by atoms with Gasteiger partial charge in [-0.25, -0.2) is 0 Å². The van der Waals surface area contributed by atoms with Crippen LogP contribution in [0.3, 0.4) is 0 Å². The average Bonchev–Trinajstić information content (AvgIpc) is 2.44. The lowest BCUT2D eigenvalue weighted by Gasteiger charge is -2.13. The number of pyridine rings is 1. The maximum atomic E-state index is 9.29. The van der Waals surface area contributed by atoms with E-state index in [-0.39, 0.29) is 0 Å². The fraction of sp³-hybridized carbons (Fsp3) is 0.333. The second-order valence-electron chi connectivity index (χ2n) is 5.74. The fourth-order valence-electron chi connectivity index (χ4n) is 2.41. The Labute approximate surface area is 132 Å². The number of hydrogen-bond acceptors (Lipinski definition) is 4. The summed E-state index contributed by atoms with van der Waals surface area (Å²) in [5.41, 5.74) is 5.41. The molecule has 1 heterocycles. The summed E-state index contributed by atoms with van der Waals surface area (Å²) in [4.78, 5) is 4.33. The molecule has 2 rings (SSSR count). The lowest BCUT2D eigenvalue weighted by atomic mass is 10.1. The highest BCUT2D eigenvalue weighted by atomic mass is 14.9. The van der Waals surface area contributed by atoms with Crippen LogP contribution in [0.15, 0.2) is 30.3 Å². The van der Waals surface area contributed by atoms with Crippen molar-refractivity contribution in [1.82, 2.24) is 4.98 Å². The zero-order valence-corrected chi connectivity index (χ0v) is 13.6. The molecule has 4 heteroatoms. The predicted octanol–water partition coefficient (Wildman–Crippen LogP) is 4.00. The average molecular weight is 294 g/mol. The van der Waals surface area contributed by atoms with Gasteiger partial charge in [0.25, 0.3) is 0 Å². The van der Waals surface area contributed by atoms with Crippen LogP contribution in [0, 0.1) is 25.2 Å². The van der Waals surface area contributed by atoms with Crippen LogP contribution < -0.4 is 10.6 Å². The van der Waals surface area contributed by atoms with Crippen molar-refractivity contribution in [3.63, 3.8) is 0 Å². The molecule has 2 aromatic rings. The Morgan fingerprint density at radius 3 is 2.68 bits per heavy atom. The second-order valence-corrected chi connectivity index (χ2v) is 5.74. The lowest BCUT2D eigenvalue weighted by Crippen LogP contribution is -2.10. The summed E-state index contributed by atoms with van der Waals surface area (Å²) in [5.74, 6) is 0. The number of nitrogens with one attached hydrogen (secondary N) is 2. The molecular formula is C18H22N4. The zero-order chi connectivity index (χ0) is 16.1. The van der Waals surface area contributed by atoms with Gasteiger partial charge in [0.05, 0.1) is 16.9 Å². The van der Waals surface area contributed by atoms with Gasteiger partial charge in [0, 0.05) is 24.0 Å². The van der Waals surface area contributed by atoms with E-state index in [2.05, 4.69) is 53.7 Å². The summed E-state index contributed by atoms with van der Waals surface area (Å²) in [6.07, 6.45) is 0. The van der Waals surface area contributed by atoms with Crippen molar-refractivity contribution in [1.29, 1.82) is 5.26 Å². The van der Waals surface area contributed by atoms with E-state index in [9.17, 15) is 5.26 Å². The van der Waals surface area contributed by atoms with Crippen molar-refractivity contribution in [2.45, 2.75) is 40.3 Å². The van der Waals surface area contributed by atoms with Crippen molar-refractivity contribution < 1.29 is 0 Å². The van der Waals surface area contributed by atoms with Crippen LogP contribution in [0.1, 0.15) is 36.4 Å². The third-order valence-electron chi connectivity index (χ3n) is 3.31. The Kier molecular flexibility index (Phi) is 5.00. The molecule has 22 heavy (non-hydrogen) atoms. The summed E-state index contributed by atoms with van der Waals surface area (Å²) in [7, 11) is 0. The van der Waals surface area contributed by atoms with Crippen LogP contribution in [0.2, 0.25) is 0 Å². The number of nitrogens with zero attached hydrogens (tertiary/aromatic N) is 2. The number of anilines is 2. The molecule has 0 saturated carbocycles. The summed E-state index contributed by atoms with van der Waals surface area (Å²) in [6.45, 7) is 8.71. The Hall–Kier alpha value is -2.54. The molecule has 2 N–H and O–H groups in total. The predicted molar refractivity (Wildman–Crippen MR) is 91.0 cm³/mol. The molecule has 4 nitrogen and oxygen atoms in total. The maximum absolute atomic E-state index is 9.29. The Bertz CT molecular complexity index is 699. The molecule has 0 saturated heterocycles. The van der Waals surface area contributed by atoms with E-state index in [0.717, 1.165) is 22.8 Å². The van der Waals surface area contributed by atoms with Crippen LogP contribution in [-0.4, -0.2) is 11.0 Å². The third kappa shape index (κ3) is 3.98. The second kappa shape index (κ2) is 6.95. The van der Waals surface area contributed by atoms with Gasteiger partial charge < -0.3 is 10.6 Å². The van der Waals surface area contributed by atoms with Crippen LogP contribution >= 0.6 is 0 Å². The van der Waals surface area contributed by atoms with Gasteiger partial charge in [0.15, 0.2) is 0 Å². The zero-order valence-electron chi connectivity index (χ0n) is 13.6. The van der Waals surface area contributed by atoms with Gasteiger partial charge in [-0.2, -0.15) is 5.26 Å². The molecule has 0 radical (unpaired) electrons. The molecule has 0 spiro atoms. The first-order chi connectivity index (χ1) is 10.5. The number of aromatic nitrogens is 1. The maximum Gasteiger partial charge on any atom is 0.103 e. The van der Waals surface area contributed by atoms with Crippen LogP contribution in [0.25, 0.3) is 0 Å². The number of hydrogen-bond donors (Lipinski definition) is 2. The van der Waals surface area contributed by atoms with Crippen LogP contribution in [0.4, 0.5) is 11.4 Å². The molecule has 0 aliphatic heterocycles. The highest BCUT2D eigenvalue weighted by molar-refractivity contribution is 5.60. The molecule has 0 aliphatic carbocycles. The number of rotatable bonds is 5. The summed E-state index contributed by atoms with van der Waals surface area (Å²) in [5, 5.41) is 16.0. The topological polar surface area (TPSA) is 60.7 Å². The quantitative estimate of drug-likeness (QED) is 0.875. The van der Waals surface area contributed by atoms with Crippen molar-refractivity contribution in [3.8, 4) is 6.07 Å². The molecule has 1 aromatic heterocycles. The smallest absolute Gasteiger partial charge is 0.103 e. The van der Waals surface area contributed by atoms with Crippen LogP contribution in [-0.2, 0) is 6.54 Å². The molecule has 114 valence electrons. The molecular weight excluding hydrogens is 272 g/mol. The van der Waals surface area contributed by atoms with E-state index in [1.54, 1.807) is 0 Å². The molecule has 0 unspecified atom stereocenters. The highest BCUT2D eigenvalue weighted by Crippen LogP contribution is 2.20. The molecule has 0 fully saturated rings. The first-order valence-electron chi connectivity index (χ1n) is 7.47. The normalized spacial score (nSPS) is 10.4. The van der Waals surface area contributed by atoms with Crippen LogP contribution in [0.5, 0.6) is 0 Å². The van der Waals surface area contributed by atoms with E-state index in [1.807, 2.05) is 26.0 Å². The SMILES string of the molecule is Cc1cc(NCc2cccc(NC(C)C)c2)c(C#N)c(C)n1. The van der Waals surface area contributed by atoms with Gasteiger partial charge in [-0.1, -0.05) is 12.1 Å². The van der Waals surface area contributed by atoms with E-state index in [4.69, 9.17) is 0 Å². The Balaban J connectivity index is 2.15. The number of nitriles is 1. The molecule has 0 atom stereocenters. The van der Waals surface area contributed by atoms with Gasteiger partial charge in [0.1, 0.15) is 6.07 Å². The van der Waals surface area contributed by atoms with E-state index < -0.39 is 0 Å². The summed E-state index contributed by atoms with van der Waals surface area (Å²) < 4.78 is 0. The van der Waals surface area contributed by atoms with E-state index in [0.29, 0.717) is 18.2 Å².